The number of rotatable bonds is 3. The molecule has 1 saturated carbocycles. The van der Waals surface area contributed by atoms with Crippen molar-refractivity contribution in [3.63, 3.8) is 0 Å². The summed E-state index contributed by atoms with van der Waals surface area (Å²) in [5, 5.41) is 13.4. The maximum Gasteiger partial charge on any atom is 0.0666 e. The molecule has 2 N–H and O–H groups in total. The molecule has 17 heavy (non-hydrogen) atoms. The van der Waals surface area contributed by atoms with Gasteiger partial charge < -0.3 is 10.4 Å². The largest absolute Gasteiger partial charge is 0.394 e. The normalized spacial score (nSPS) is 27.1. The van der Waals surface area contributed by atoms with E-state index in [0.717, 1.165) is 23.0 Å². The molecule has 0 aliphatic heterocycles. The molecule has 0 saturated heterocycles. The third-order valence-corrected chi connectivity index (χ3v) is 4.67. The zero-order valence-corrected chi connectivity index (χ0v) is 12.0. The maximum atomic E-state index is 9.81. The standard InChI is InChI=1S/C14H20BrNO/c1-13(2)7-4-8-14(13,10-17)16-12-6-3-5-11(15)9-12/h3,5-6,9,16-17H,4,7-8,10H2,1-2H3. The summed E-state index contributed by atoms with van der Waals surface area (Å²) in [6, 6.07) is 8.14. The van der Waals surface area contributed by atoms with Crippen LogP contribution in [0.2, 0.25) is 0 Å². The Balaban J connectivity index is 2.26. The summed E-state index contributed by atoms with van der Waals surface area (Å²) in [7, 11) is 0. The predicted octanol–water partition coefficient (Wildman–Crippen LogP) is 3.80. The summed E-state index contributed by atoms with van der Waals surface area (Å²) in [4.78, 5) is 0. The minimum Gasteiger partial charge on any atom is -0.394 e. The van der Waals surface area contributed by atoms with Gasteiger partial charge >= 0.3 is 0 Å². The van der Waals surface area contributed by atoms with Crippen molar-refractivity contribution in [3.05, 3.63) is 28.7 Å². The van der Waals surface area contributed by atoms with Crippen LogP contribution in [0, 0.1) is 5.41 Å². The van der Waals surface area contributed by atoms with Gasteiger partial charge in [-0.05, 0) is 36.5 Å². The highest BCUT2D eigenvalue weighted by Crippen LogP contribution is 2.47. The Morgan fingerprint density at radius 2 is 2.12 bits per heavy atom. The molecule has 1 atom stereocenters. The molecule has 3 heteroatoms. The molecule has 1 aliphatic carbocycles. The fourth-order valence-corrected chi connectivity index (χ4v) is 3.22. The first kappa shape index (κ1) is 12.9. The van der Waals surface area contributed by atoms with E-state index in [-0.39, 0.29) is 17.6 Å². The zero-order valence-electron chi connectivity index (χ0n) is 10.5. The Labute approximate surface area is 112 Å². The smallest absolute Gasteiger partial charge is 0.0666 e. The molecule has 2 nitrogen and oxygen atoms in total. The van der Waals surface area contributed by atoms with Crippen molar-refractivity contribution >= 4 is 21.6 Å². The number of aliphatic hydroxyl groups is 1. The average Bonchev–Trinajstić information content (AvgIpc) is 2.55. The lowest BCUT2D eigenvalue weighted by atomic mass is 9.75. The van der Waals surface area contributed by atoms with E-state index in [9.17, 15) is 5.11 Å². The maximum absolute atomic E-state index is 9.81. The van der Waals surface area contributed by atoms with Gasteiger partial charge in [0.2, 0.25) is 0 Å². The fourth-order valence-electron chi connectivity index (χ4n) is 2.82. The Bertz CT molecular complexity index is 405. The Hall–Kier alpha value is -0.540. The SMILES string of the molecule is CC1(C)CCCC1(CO)Nc1cccc(Br)c1. The highest BCUT2D eigenvalue weighted by molar-refractivity contribution is 9.10. The molecule has 1 aliphatic rings. The first-order valence-electron chi connectivity index (χ1n) is 6.14. The van der Waals surface area contributed by atoms with Crippen LogP contribution in [-0.2, 0) is 0 Å². The van der Waals surface area contributed by atoms with Crippen molar-refractivity contribution in [1.29, 1.82) is 0 Å². The van der Waals surface area contributed by atoms with Crippen molar-refractivity contribution in [2.45, 2.75) is 38.6 Å². The van der Waals surface area contributed by atoms with Gasteiger partial charge in [0.15, 0.2) is 0 Å². The van der Waals surface area contributed by atoms with Gasteiger partial charge in [-0.2, -0.15) is 0 Å². The van der Waals surface area contributed by atoms with E-state index in [2.05, 4.69) is 47.2 Å². The Morgan fingerprint density at radius 1 is 1.35 bits per heavy atom. The summed E-state index contributed by atoms with van der Waals surface area (Å²) < 4.78 is 1.06. The first-order valence-corrected chi connectivity index (χ1v) is 6.93. The van der Waals surface area contributed by atoms with Crippen molar-refractivity contribution in [1.82, 2.24) is 0 Å². The Kier molecular flexibility index (Phi) is 3.50. The van der Waals surface area contributed by atoms with E-state index < -0.39 is 0 Å². The second-order valence-corrected chi connectivity index (χ2v) is 6.53. The number of halogens is 1. The molecular formula is C14H20BrNO. The van der Waals surface area contributed by atoms with E-state index in [1.807, 2.05) is 12.1 Å². The number of benzene rings is 1. The lowest BCUT2D eigenvalue weighted by Gasteiger charge is -2.41. The fraction of sp³-hybridized carbons (Fsp3) is 0.571. The van der Waals surface area contributed by atoms with Gasteiger partial charge in [-0.25, -0.2) is 0 Å². The molecule has 0 heterocycles. The summed E-state index contributed by atoms with van der Waals surface area (Å²) in [5.41, 5.74) is 1.01. The first-order chi connectivity index (χ1) is 7.99. The van der Waals surface area contributed by atoms with E-state index in [0.29, 0.717) is 0 Å². The monoisotopic (exact) mass is 297 g/mol. The number of hydrogen-bond acceptors (Lipinski definition) is 2. The second-order valence-electron chi connectivity index (χ2n) is 5.61. The molecule has 1 aromatic rings. The van der Waals surface area contributed by atoms with Crippen LogP contribution in [0.25, 0.3) is 0 Å². The minimum absolute atomic E-state index is 0.129. The summed E-state index contributed by atoms with van der Waals surface area (Å²) in [6.45, 7) is 4.66. The van der Waals surface area contributed by atoms with Crippen molar-refractivity contribution in [3.8, 4) is 0 Å². The van der Waals surface area contributed by atoms with Gasteiger partial charge in [0.1, 0.15) is 0 Å². The third-order valence-electron chi connectivity index (χ3n) is 4.18. The van der Waals surface area contributed by atoms with Gasteiger partial charge in [0.25, 0.3) is 0 Å². The molecule has 1 aromatic carbocycles. The molecule has 1 unspecified atom stereocenters. The number of anilines is 1. The topological polar surface area (TPSA) is 32.3 Å². The molecule has 0 radical (unpaired) electrons. The quantitative estimate of drug-likeness (QED) is 0.889. The number of nitrogens with one attached hydrogen (secondary N) is 1. The third kappa shape index (κ3) is 2.36. The summed E-state index contributed by atoms with van der Waals surface area (Å²) in [6.07, 6.45) is 3.37. The molecule has 2 rings (SSSR count). The summed E-state index contributed by atoms with van der Waals surface area (Å²) >= 11 is 3.48. The van der Waals surface area contributed by atoms with E-state index in [1.54, 1.807) is 0 Å². The predicted molar refractivity (Wildman–Crippen MR) is 75.2 cm³/mol. The second kappa shape index (κ2) is 4.62. The van der Waals surface area contributed by atoms with Crippen LogP contribution in [0.5, 0.6) is 0 Å². The van der Waals surface area contributed by atoms with Gasteiger partial charge in [-0.3, -0.25) is 0 Å². The van der Waals surface area contributed by atoms with Crippen LogP contribution in [0.3, 0.4) is 0 Å². The van der Waals surface area contributed by atoms with Gasteiger partial charge in [-0.1, -0.05) is 42.3 Å². The zero-order chi connectivity index (χ0) is 12.5. The van der Waals surface area contributed by atoms with Crippen LogP contribution >= 0.6 is 15.9 Å². The molecule has 0 bridgehead atoms. The number of aliphatic hydroxyl groups excluding tert-OH is 1. The lowest BCUT2D eigenvalue weighted by Crippen LogP contribution is -2.50. The van der Waals surface area contributed by atoms with Gasteiger partial charge in [-0.15, -0.1) is 0 Å². The molecule has 0 spiro atoms. The number of hydrogen-bond donors (Lipinski definition) is 2. The molecule has 94 valence electrons. The average molecular weight is 298 g/mol. The van der Waals surface area contributed by atoms with Crippen LogP contribution in [0.1, 0.15) is 33.1 Å². The van der Waals surface area contributed by atoms with Crippen LogP contribution in [0.15, 0.2) is 28.7 Å². The lowest BCUT2D eigenvalue weighted by molar-refractivity contribution is 0.128. The summed E-state index contributed by atoms with van der Waals surface area (Å²) in [5.74, 6) is 0. The van der Waals surface area contributed by atoms with Crippen molar-refractivity contribution in [2.75, 3.05) is 11.9 Å². The molecule has 0 amide bonds. The van der Waals surface area contributed by atoms with E-state index in [1.165, 1.54) is 6.42 Å². The van der Waals surface area contributed by atoms with Crippen LogP contribution in [0.4, 0.5) is 5.69 Å². The van der Waals surface area contributed by atoms with Gasteiger partial charge in [0.05, 0.1) is 12.1 Å². The highest BCUT2D eigenvalue weighted by Gasteiger charge is 2.48. The minimum atomic E-state index is -0.187. The Morgan fingerprint density at radius 3 is 2.65 bits per heavy atom. The van der Waals surface area contributed by atoms with Crippen LogP contribution in [-0.4, -0.2) is 17.3 Å². The van der Waals surface area contributed by atoms with E-state index in [4.69, 9.17) is 0 Å². The van der Waals surface area contributed by atoms with Gasteiger partial charge in [0, 0.05) is 10.2 Å². The molecule has 0 aromatic heterocycles. The van der Waals surface area contributed by atoms with Crippen LogP contribution < -0.4 is 5.32 Å². The molecular weight excluding hydrogens is 278 g/mol. The van der Waals surface area contributed by atoms with Crippen molar-refractivity contribution in [2.24, 2.45) is 5.41 Å². The van der Waals surface area contributed by atoms with E-state index >= 15 is 0 Å². The highest BCUT2D eigenvalue weighted by atomic mass is 79.9. The molecule has 1 fully saturated rings. The van der Waals surface area contributed by atoms with Crippen molar-refractivity contribution < 1.29 is 5.11 Å².